The van der Waals surface area contributed by atoms with E-state index in [9.17, 15) is 18.8 Å². The van der Waals surface area contributed by atoms with E-state index in [1.807, 2.05) is 53.2 Å². The van der Waals surface area contributed by atoms with Crippen LogP contribution in [0.3, 0.4) is 0 Å². The van der Waals surface area contributed by atoms with Gasteiger partial charge in [0.05, 0.1) is 23.4 Å². The maximum Gasteiger partial charge on any atom is 0.341 e. The number of amides is 1. The first-order valence-electron chi connectivity index (χ1n) is 15.2. The van der Waals surface area contributed by atoms with Gasteiger partial charge in [-0.25, -0.2) is 14.2 Å². The number of thiophene rings is 2. The van der Waals surface area contributed by atoms with E-state index >= 15 is 0 Å². The summed E-state index contributed by atoms with van der Waals surface area (Å²) in [6, 6.07) is 23.1. The average molecular weight is 698 g/mol. The van der Waals surface area contributed by atoms with Gasteiger partial charge in [-0.1, -0.05) is 87.1 Å². The molecular weight excluding hydrogens is 666 g/mol. The minimum atomic E-state index is -0.517. The van der Waals surface area contributed by atoms with Gasteiger partial charge in [0, 0.05) is 21.9 Å². The first kappa shape index (κ1) is 33.3. The van der Waals surface area contributed by atoms with Gasteiger partial charge in [0.1, 0.15) is 21.2 Å². The van der Waals surface area contributed by atoms with Crippen molar-refractivity contribution in [2.75, 3.05) is 17.7 Å². The number of anilines is 1. The van der Waals surface area contributed by atoms with Crippen LogP contribution in [0.4, 0.5) is 9.39 Å². The van der Waals surface area contributed by atoms with Crippen LogP contribution >= 0.6 is 34.4 Å². The monoisotopic (exact) mass is 697 g/mol. The van der Waals surface area contributed by atoms with E-state index in [0.29, 0.717) is 48.3 Å². The molecule has 0 atom stereocenters. The maximum atomic E-state index is 14.1. The van der Waals surface area contributed by atoms with Crippen molar-refractivity contribution in [3.63, 3.8) is 0 Å². The van der Waals surface area contributed by atoms with E-state index < -0.39 is 5.97 Å². The fourth-order valence-corrected chi connectivity index (χ4v) is 8.00. The highest BCUT2D eigenvalue weighted by Crippen LogP contribution is 2.38. The molecule has 0 spiro atoms. The summed E-state index contributed by atoms with van der Waals surface area (Å²) >= 11 is 3.69. The fourth-order valence-electron chi connectivity index (χ4n) is 5.23. The second kappa shape index (κ2) is 13.9. The SMILES string of the molecule is CCOC(=O)c1c(-c2ccc(C(C)(C)C)cc2)csc1NC(=O)CSc1nc2scc(-c3ccc(F)cc3)c2c(=O)n1-c1ccccc1. The van der Waals surface area contributed by atoms with E-state index in [4.69, 9.17) is 9.72 Å². The number of rotatable bonds is 9. The van der Waals surface area contributed by atoms with Crippen molar-refractivity contribution in [3.8, 4) is 27.9 Å². The van der Waals surface area contributed by atoms with Gasteiger partial charge in [0.25, 0.3) is 5.56 Å². The number of ether oxygens (including phenoxy) is 1. The minimum absolute atomic E-state index is 0.0206. The number of aromatic nitrogens is 2. The molecule has 0 aliphatic carbocycles. The zero-order valence-corrected chi connectivity index (χ0v) is 29.2. The molecule has 0 aliphatic heterocycles. The number of hydrogen-bond donors (Lipinski definition) is 1. The van der Waals surface area contributed by atoms with Crippen LogP contribution in [0, 0.1) is 5.82 Å². The number of hydrogen-bond acceptors (Lipinski definition) is 8. The summed E-state index contributed by atoms with van der Waals surface area (Å²) in [5.41, 5.74) is 4.65. The number of halogens is 1. The Morgan fingerprint density at radius 1 is 0.917 bits per heavy atom. The number of fused-ring (bicyclic) bond motifs is 1. The van der Waals surface area contributed by atoms with Crippen LogP contribution in [-0.2, 0) is 14.9 Å². The zero-order valence-electron chi connectivity index (χ0n) is 26.7. The normalized spacial score (nSPS) is 11.5. The standard InChI is InChI=1S/C37H32FN3O4S3/c1-5-45-35(44)31-28(22-11-15-24(16-12-22)37(2,3)4)20-47-33(31)39-29(42)21-48-36-40-32-30(34(43)41(36)26-9-7-6-8-10-26)27(19-46-32)23-13-17-25(38)18-14-23/h6-20H,5,21H2,1-4H3,(H,39,42). The van der Waals surface area contributed by atoms with Gasteiger partial charge in [-0.05, 0) is 53.3 Å². The fraction of sp³-hybridized carbons (Fsp3) is 0.189. The Labute approximate surface area is 289 Å². The van der Waals surface area contributed by atoms with Gasteiger partial charge in [-0.3, -0.25) is 14.2 Å². The molecule has 1 amide bonds. The Kier molecular flexibility index (Phi) is 9.63. The molecular formula is C37H32FN3O4S3. The molecule has 7 nitrogen and oxygen atoms in total. The molecule has 3 aromatic heterocycles. The number of carbonyl (C=O) groups is 2. The molecule has 0 saturated heterocycles. The van der Waals surface area contributed by atoms with Crippen molar-refractivity contribution in [2.45, 2.75) is 38.3 Å². The molecule has 0 radical (unpaired) electrons. The minimum Gasteiger partial charge on any atom is -0.462 e. The van der Waals surface area contributed by atoms with E-state index in [1.165, 1.54) is 44.9 Å². The molecule has 0 saturated carbocycles. The van der Waals surface area contributed by atoms with Gasteiger partial charge in [-0.2, -0.15) is 0 Å². The van der Waals surface area contributed by atoms with Gasteiger partial charge in [0.15, 0.2) is 5.16 Å². The molecule has 3 heterocycles. The first-order valence-corrected chi connectivity index (χ1v) is 18.0. The number of esters is 1. The van der Waals surface area contributed by atoms with E-state index in [1.54, 1.807) is 31.2 Å². The van der Waals surface area contributed by atoms with Crippen molar-refractivity contribution in [1.29, 1.82) is 0 Å². The number of thioether (sulfide) groups is 1. The molecule has 0 bridgehead atoms. The lowest BCUT2D eigenvalue weighted by molar-refractivity contribution is -0.113. The smallest absolute Gasteiger partial charge is 0.341 e. The molecule has 48 heavy (non-hydrogen) atoms. The molecule has 0 aliphatic rings. The highest BCUT2D eigenvalue weighted by molar-refractivity contribution is 7.99. The average Bonchev–Trinajstić information content (AvgIpc) is 3.69. The molecule has 244 valence electrons. The predicted octanol–water partition coefficient (Wildman–Crippen LogP) is 9.19. The number of benzene rings is 3. The largest absolute Gasteiger partial charge is 0.462 e. The lowest BCUT2D eigenvalue weighted by Crippen LogP contribution is -2.23. The number of nitrogens with zero attached hydrogens (tertiary/aromatic N) is 2. The first-order chi connectivity index (χ1) is 23.0. The van der Waals surface area contributed by atoms with Crippen molar-refractivity contribution in [3.05, 3.63) is 117 Å². The predicted molar refractivity (Wildman–Crippen MR) is 194 cm³/mol. The topological polar surface area (TPSA) is 90.3 Å². The Balaban J connectivity index is 1.30. The molecule has 6 aromatic rings. The Morgan fingerprint density at radius 2 is 1.56 bits per heavy atom. The highest BCUT2D eigenvalue weighted by atomic mass is 32.2. The Hall–Kier alpha value is -4.58. The summed E-state index contributed by atoms with van der Waals surface area (Å²) in [6.07, 6.45) is 0. The van der Waals surface area contributed by atoms with Crippen LogP contribution < -0.4 is 10.9 Å². The second-order valence-electron chi connectivity index (χ2n) is 11.9. The third kappa shape index (κ3) is 6.85. The zero-order chi connectivity index (χ0) is 34.0. The van der Waals surface area contributed by atoms with Crippen LogP contribution in [0.15, 0.2) is 99.6 Å². The van der Waals surface area contributed by atoms with Gasteiger partial charge in [-0.15, -0.1) is 22.7 Å². The van der Waals surface area contributed by atoms with Crippen molar-refractivity contribution in [1.82, 2.24) is 9.55 Å². The molecule has 0 fully saturated rings. The molecule has 6 rings (SSSR count). The number of nitrogens with one attached hydrogen (secondary N) is 1. The van der Waals surface area contributed by atoms with Crippen LogP contribution in [0.5, 0.6) is 0 Å². The van der Waals surface area contributed by atoms with E-state index in [2.05, 4.69) is 26.1 Å². The Bertz CT molecular complexity index is 2170. The maximum absolute atomic E-state index is 14.1. The van der Waals surface area contributed by atoms with Crippen LogP contribution in [0.25, 0.3) is 38.2 Å². The van der Waals surface area contributed by atoms with Gasteiger partial charge in [0.2, 0.25) is 5.91 Å². The second-order valence-corrected chi connectivity index (χ2v) is 14.6. The van der Waals surface area contributed by atoms with Crippen LogP contribution in [0.1, 0.15) is 43.6 Å². The third-order valence-electron chi connectivity index (χ3n) is 7.66. The van der Waals surface area contributed by atoms with Gasteiger partial charge < -0.3 is 10.1 Å². The molecule has 11 heteroatoms. The third-order valence-corrected chi connectivity index (χ3v) is 10.4. The summed E-state index contributed by atoms with van der Waals surface area (Å²) in [6.45, 7) is 8.35. The lowest BCUT2D eigenvalue weighted by Gasteiger charge is -2.19. The summed E-state index contributed by atoms with van der Waals surface area (Å²) in [4.78, 5) is 46.0. The Morgan fingerprint density at radius 3 is 2.23 bits per heavy atom. The number of carbonyl (C=O) groups excluding carboxylic acids is 2. The van der Waals surface area contributed by atoms with Crippen LogP contribution in [0.2, 0.25) is 0 Å². The highest BCUT2D eigenvalue weighted by Gasteiger charge is 2.25. The molecule has 3 aromatic carbocycles. The quantitative estimate of drug-likeness (QED) is 0.0921. The summed E-state index contributed by atoms with van der Waals surface area (Å²) in [5, 5.41) is 7.74. The van der Waals surface area contributed by atoms with Crippen molar-refractivity contribution >= 4 is 61.5 Å². The summed E-state index contributed by atoms with van der Waals surface area (Å²) in [7, 11) is 0. The van der Waals surface area contributed by atoms with Gasteiger partial charge >= 0.3 is 5.97 Å². The van der Waals surface area contributed by atoms with Crippen molar-refractivity contribution in [2.24, 2.45) is 0 Å². The van der Waals surface area contributed by atoms with Crippen LogP contribution in [-0.4, -0.2) is 33.8 Å². The van der Waals surface area contributed by atoms with E-state index in [-0.39, 0.29) is 35.1 Å². The number of para-hydroxylation sites is 1. The van der Waals surface area contributed by atoms with E-state index in [0.717, 1.165) is 17.3 Å². The summed E-state index contributed by atoms with van der Waals surface area (Å²) < 4.78 is 20.5. The lowest BCUT2D eigenvalue weighted by atomic mass is 9.86. The van der Waals surface area contributed by atoms with Crippen molar-refractivity contribution < 1.29 is 18.7 Å². The summed E-state index contributed by atoms with van der Waals surface area (Å²) in [5.74, 6) is -1.32. The molecule has 0 unspecified atom stereocenters. The molecule has 1 N–H and O–H groups in total.